The smallest absolute Gasteiger partial charge is 0.335 e. The Labute approximate surface area is 118 Å². The van der Waals surface area contributed by atoms with E-state index in [1.165, 1.54) is 5.56 Å². The van der Waals surface area contributed by atoms with Crippen LogP contribution in [0.25, 0.3) is 0 Å². The molecule has 0 aromatic heterocycles. The molecular weight excluding hydrogens is 248 g/mol. The lowest BCUT2D eigenvalue weighted by molar-refractivity contribution is 0.0697. The van der Waals surface area contributed by atoms with Crippen molar-refractivity contribution in [1.29, 1.82) is 0 Å². The van der Waals surface area contributed by atoms with E-state index in [0.717, 1.165) is 12.0 Å². The van der Waals surface area contributed by atoms with Crippen molar-refractivity contribution in [3.8, 4) is 11.8 Å². The molecule has 98 valence electrons. The van der Waals surface area contributed by atoms with Gasteiger partial charge in [0, 0.05) is 11.5 Å². The molecule has 2 aromatic rings. The molecule has 1 aliphatic carbocycles. The van der Waals surface area contributed by atoms with E-state index in [-0.39, 0.29) is 0 Å². The monoisotopic (exact) mass is 262 g/mol. The summed E-state index contributed by atoms with van der Waals surface area (Å²) in [7, 11) is 0. The predicted octanol–water partition coefficient (Wildman–Crippen LogP) is 3.54. The van der Waals surface area contributed by atoms with Crippen molar-refractivity contribution in [2.75, 3.05) is 0 Å². The number of hydrogen-bond donors (Lipinski definition) is 1. The maximum absolute atomic E-state index is 10.8. The molecule has 0 aliphatic heterocycles. The van der Waals surface area contributed by atoms with Gasteiger partial charge in [0.2, 0.25) is 0 Å². The van der Waals surface area contributed by atoms with Crippen LogP contribution in [0, 0.1) is 17.8 Å². The maximum Gasteiger partial charge on any atom is 0.335 e. The Kier molecular flexibility index (Phi) is 3.26. The molecule has 1 aliphatic rings. The molecule has 0 heterocycles. The first-order chi connectivity index (χ1) is 9.74. The number of benzene rings is 2. The van der Waals surface area contributed by atoms with E-state index >= 15 is 0 Å². The number of carbonyl (C=O) groups is 1. The number of hydrogen-bond acceptors (Lipinski definition) is 1. The molecule has 2 atom stereocenters. The molecule has 2 unspecified atom stereocenters. The zero-order chi connectivity index (χ0) is 13.9. The van der Waals surface area contributed by atoms with E-state index in [1.807, 2.05) is 6.07 Å². The van der Waals surface area contributed by atoms with Gasteiger partial charge >= 0.3 is 5.97 Å². The molecule has 0 saturated heterocycles. The molecule has 1 fully saturated rings. The van der Waals surface area contributed by atoms with Crippen LogP contribution in [0.2, 0.25) is 0 Å². The third-order valence-corrected chi connectivity index (χ3v) is 3.55. The molecule has 0 spiro atoms. The highest BCUT2D eigenvalue weighted by Gasteiger charge is 2.36. The highest BCUT2D eigenvalue weighted by molar-refractivity contribution is 5.87. The summed E-state index contributed by atoms with van der Waals surface area (Å²) >= 11 is 0. The second-order valence-corrected chi connectivity index (χ2v) is 5.01. The fraction of sp³-hybridized carbons (Fsp3) is 0.167. The van der Waals surface area contributed by atoms with E-state index in [4.69, 9.17) is 5.11 Å². The van der Waals surface area contributed by atoms with Crippen molar-refractivity contribution >= 4 is 5.97 Å². The molecule has 2 heteroatoms. The summed E-state index contributed by atoms with van der Waals surface area (Å²) in [5, 5.41) is 8.83. The Morgan fingerprint density at radius 2 is 1.75 bits per heavy atom. The summed E-state index contributed by atoms with van der Waals surface area (Å²) in [6, 6.07) is 17.1. The molecule has 3 rings (SSSR count). The van der Waals surface area contributed by atoms with Gasteiger partial charge < -0.3 is 5.11 Å². The van der Waals surface area contributed by atoms with Gasteiger partial charge in [-0.25, -0.2) is 4.79 Å². The van der Waals surface area contributed by atoms with Crippen molar-refractivity contribution in [3.63, 3.8) is 0 Å². The number of carboxylic acids is 1. The maximum atomic E-state index is 10.8. The van der Waals surface area contributed by atoms with Crippen LogP contribution in [-0.2, 0) is 0 Å². The minimum atomic E-state index is -0.907. The van der Waals surface area contributed by atoms with Crippen LogP contribution < -0.4 is 0 Å². The van der Waals surface area contributed by atoms with Crippen molar-refractivity contribution < 1.29 is 9.90 Å². The van der Waals surface area contributed by atoms with Crippen LogP contribution in [0.5, 0.6) is 0 Å². The summed E-state index contributed by atoms with van der Waals surface area (Å²) in [6.45, 7) is 0. The van der Waals surface area contributed by atoms with Gasteiger partial charge in [-0.05, 0) is 42.2 Å². The van der Waals surface area contributed by atoms with Crippen molar-refractivity contribution in [2.24, 2.45) is 5.92 Å². The van der Waals surface area contributed by atoms with Crippen LogP contribution in [0.3, 0.4) is 0 Å². The SMILES string of the molecule is O=C(O)c1ccc(C#CC2CC2c2ccccc2)cc1. The normalized spacial score (nSPS) is 19.8. The van der Waals surface area contributed by atoms with E-state index in [1.54, 1.807) is 24.3 Å². The molecule has 2 nitrogen and oxygen atoms in total. The Balaban J connectivity index is 1.67. The van der Waals surface area contributed by atoms with Gasteiger partial charge in [0.05, 0.1) is 5.56 Å². The summed E-state index contributed by atoms with van der Waals surface area (Å²) in [5.74, 6) is 6.48. The van der Waals surface area contributed by atoms with Crippen LogP contribution >= 0.6 is 0 Å². The largest absolute Gasteiger partial charge is 0.478 e. The molecule has 2 aromatic carbocycles. The van der Waals surface area contributed by atoms with Gasteiger partial charge in [-0.1, -0.05) is 42.2 Å². The topological polar surface area (TPSA) is 37.3 Å². The third-order valence-electron chi connectivity index (χ3n) is 3.55. The summed E-state index contributed by atoms with van der Waals surface area (Å²) < 4.78 is 0. The molecule has 20 heavy (non-hydrogen) atoms. The van der Waals surface area contributed by atoms with Crippen molar-refractivity contribution in [3.05, 3.63) is 71.3 Å². The zero-order valence-corrected chi connectivity index (χ0v) is 10.9. The van der Waals surface area contributed by atoms with Crippen LogP contribution in [0.15, 0.2) is 54.6 Å². The highest BCUT2D eigenvalue weighted by Crippen LogP contribution is 2.46. The van der Waals surface area contributed by atoms with Crippen LogP contribution in [-0.4, -0.2) is 11.1 Å². The first-order valence-electron chi connectivity index (χ1n) is 6.64. The van der Waals surface area contributed by atoms with Crippen molar-refractivity contribution in [2.45, 2.75) is 12.3 Å². The lowest BCUT2D eigenvalue weighted by Gasteiger charge is -1.95. The Hall–Kier alpha value is -2.53. The van der Waals surface area contributed by atoms with E-state index in [9.17, 15) is 4.79 Å². The van der Waals surface area contributed by atoms with Gasteiger partial charge in [0.1, 0.15) is 0 Å². The number of rotatable bonds is 2. The van der Waals surface area contributed by atoms with E-state index < -0.39 is 5.97 Å². The second-order valence-electron chi connectivity index (χ2n) is 5.01. The Bertz CT molecular complexity index is 675. The summed E-state index contributed by atoms with van der Waals surface area (Å²) in [4.78, 5) is 10.8. The quantitative estimate of drug-likeness (QED) is 0.840. The predicted molar refractivity (Wildman–Crippen MR) is 77.6 cm³/mol. The lowest BCUT2D eigenvalue weighted by atomic mass is 10.1. The molecule has 1 saturated carbocycles. The molecule has 0 bridgehead atoms. The zero-order valence-electron chi connectivity index (χ0n) is 10.9. The minimum absolute atomic E-state index is 0.295. The minimum Gasteiger partial charge on any atom is -0.478 e. The van der Waals surface area contributed by atoms with E-state index in [0.29, 0.717) is 17.4 Å². The fourth-order valence-corrected chi connectivity index (χ4v) is 2.30. The number of carboxylic acid groups (broad SMARTS) is 1. The third kappa shape index (κ3) is 2.73. The molecule has 0 amide bonds. The first kappa shape index (κ1) is 12.5. The molecular formula is C18H14O2. The van der Waals surface area contributed by atoms with Gasteiger partial charge in [-0.3, -0.25) is 0 Å². The van der Waals surface area contributed by atoms with Crippen LogP contribution in [0.4, 0.5) is 0 Å². The average Bonchev–Trinajstić information content (AvgIpc) is 3.26. The summed E-state index contributed by atoms with van der Waals surface area (Å²) in [5.41, 5.74) is 2.52. The van der Waals surface area contributed by atoms with Gasteiger partial charge in [-0.15, -0.1) is 0 Å². The standard InChI is InChI=1S/C18H14O2/c19-18(20)15-9-6-13(7-10-15)8-11-16-12-17(16)14-4-2-1-3-5-14/h1-7,9-10,16-17H,12H2,(H,19,20). The van der Waals surface area contributed by atoms with Crippen molar-refractivity contribution in [1.82, 2.24) is 0 Å². The second kappa shape index (κ2) is 5.22. The van der Waals surface area contributed by atoms with Gasteiger partial charge in [0.25, 0.3) is 0 Å². The molecule has 0 radical (unpaired) electrons. The summed E-state index contributed by atoms with van der Waals surface area (Å²) in [6.07, 6.45) is 1.12. The Morgan fingerprint density at radius 1 is 1.05 bits per heavy atom. The molecule has 1 N–H and O–H groups in total. The lowest BCUT2D eigenvalue weighted by Crippen LogP contribution is -1.94. The Morgan fingerprint density at radius 3 is 2.40 bits per heavy atom. The van der Waals surface area contributed by atoms with Gasteiger partial charge in [-0.2, -0.15) is 0 Å². The highest BCUT2D eigenvalue weighted by atomic mass is 16.4. The van der Waals surface area contributed by atoms with E-state index in [2.05, 4.69) is 36.1 Å². The number of aromatic carboxylic acids is 1. The first-order valence-corrected chi connectivity index (χ1v) is 6.64. The van der Waals surface area contributed by atoms with Gasteiger partial charge in [0.15, 0.2) is 0 Å². The average molecular weight is 262 g/mol. The fourth-order valence-electron chi connectivity index (χ4n) is 2.30. The van der Waals surface area contributed by atoms with Crippen LogP contribution in [0.1, 0.15) is 33.8 Å².